The number of rotatable bonds is 3. The van der Waals surface area contributed by atoms with Crippen molar-refractivity contribution >= 4 is 11.9 Å². The van der Waals surface area contributed by atoms with Crippen LogP contribution < -0.4 is 4.90 Å². The fourth-order valence-electron chi connectivity index (χ4n) is 3.03. The number of anilines is 1. The van der Waals surface area contributed by atoms with Gasteiger partial charge < -0.3 is 10.0 Å². The highest BCUT2D eigenvalue weighted by Gasteiger charge is 2.45. The van der Waals surface area contributed by atoms with E-state index < -0.39 is 11.5 Å². The number of carboxylic acids is 1. The number of hydrogen-bond donors (Lipinski definition) is 1. The standard InChI is InChI=1S/C17H23N5O2/c1-16(2,3)13-5-10-22(20-13)17(14(23)24)6-11-21(12-7-17)15-18-8-4-9-19-15/h4-5,8-10H,6-7,11-12H2,1-3H3,(H,23,24). The summed E-state index contributed by atoms with van der Waals surface area (Å²) < 4.78 is 1.64. The van der Waals surface area contributed by atoms with Crippen LogP contribution in [0.5, 0.6) is 0 Å². The number of carboxylic acid groups (broad SMARTS) is 1. The molecule has 2 aromatic heterocycles. The van der Waals surface area contributed by atoms with Gasteiger partial charge in [-0.1, -0.05) is 20.8 Å². The number of piperidine rings is 1. The highest BCUT2D eigenvalue weighted by Crippen LogP contribution is 2.32. The maximum absolute atomic E-state index is 12.1. The van der Waals surface area contributed by atoms with Crippen molar-refractivity contribution in [2.45, 2.75) is 44.6 Å². The Hall–Kier alpha value is -2.44. The predicted octanol–water partition coefficient (Wildman–Crippen LogP) is 2.05. The molecule has 0 aromatic carbocycles. The van der Waals surface area contributed by atoms with Crippen LogP contribution >= 0.6 is 0 Å². The number of carbonyl (C=O) groups is 1. The number of aliphatic carboxylic acids is 1. The molecule has 3 heterocycles. The third kappa shape index (κ3) is 2.86. The van der Waals surface area contributed by atoms with Crippen LogP contribution in [0.15, 0.2) is 30.7 Å². The molecular weight excluding hydrogens is 306 g/mol. The maximum Gasteiger partial charge on any atom is 0.331 e. The van der Waals surface area contributed by atoms with Crippen LogP contribution in [0.1, 0.15) is 39.3 Å². The Balaban J connectivity index is 1.84. The summed E-state index contributed by atoms with van der Waals surface area (Å²) in [5.74, 6) is -0.188. The molecule has 0 bridgehead atoms. The first kappa shape index (κ1) is 16.4. The second-order valence-electron chi connectivity index (χ2n) is 7.27. The molecule has 0 amide bonds. The van der Waals surface area contributed by atoms with Crippen molar-refractivity contribution < 1.29 is 9.90 Å². The van der Waals surface area contributed by atoms with Crippen molar-refractivity contribution in [1.82, 2.24) is 19.7 Å². The summed E-state index contributed by atoms with van der Waals surface area (Å²) in [5.41, 5.74) is -0.213. The normalized spacial score (nSPS) is 17.7. The van der Waals surface area contributed by atoms with Gasteiger partial charge >= 0.3 is 5.97 Å². The maximum atomic E-state index is 12.1. The van der Waals surface area contributed by atoms with Crippen LogP contribution in [0, 0.1) is 0 Å². The first-order chi connectivity index (χ1) is 11.3. The quantitative estimate of drug-likeness (QED) is 0.928. The molecule has 24 heavy (non-hydrogen) atoms. The fourth-order valence-corrected chi connectivity index (χ4v) is 3.03. The minimum Gasteiger partial charge on any atom is -0.479 e. The van der Waals surface area contributed by atoms with Gasteiger partial charge in [0.25, 0.3) is 0 Å². The van der Waals surface area contributed by atoms with Gasteiger partial charge in [-0.15, -0.1) is 0 Å². The Labute approximate surface area is 141 Å². The van der Waals surface area contributed by atoms with Gasteiger partial charge in [0.05, 0.1) is 5.69 Å². The minimum absolute atomic E-state index is 0.108. The lowest BCUT2D eigenvalue weighted by molar-refractivity contribution is -0.149. The average molecular weight is 329 g/mol. The lowest BCUT2D eigenvalue weighted by Crippen LogP contribution is -2.51. The lowest BCUT2D eigenvalue weighted by atomic mass is 9.88. The molecule has 1 saturated heterocycles. The van der Waals surface area contributed by atoms with Gasteiger partial charge in [0.15, 0.2) is 5.54 Å². The minimum atomic E-state index is -1.01. The molecule has 7 nitrogen and oxygen atoms in total. The zero-order chi connectivity index (χ0) is 17.4. The van der Waals surface area contributed by atoms with Gasteiger partial charge in [-0.3, -0.25) is 4.68 Å². The van der Waals surface area contributed by atoms with Crippen LogP contribution in [-0.2, 0) is 15.7 Å². The molecule has 7 heteroatoms. The Kier molecular flexibility index (Phi) is 4.03. The molecule has 0 radical (unpaired) electrons. The third-order valence-corrected chi connectivity index (χ3v) is 4.62. The largest absolute Gasteiger partial charge is 0.479 e. The van der Waals surface area contributed by atoms with Crippen LogP contribution in [0.2, 0.25) is 0 Å². The monoisotopic (exact) mass is 329 g/mol. The summed E-state index contributed by atoms with van der Waals surface area (Å²) in [7, 11) is 0. The third-order valence-electron chi connectivity index (χ3n) is 4.62. The zero-order valence-electron chi connectivity index (χ0n) is 14.3. The van der Waals surface area contributed by atoms with E-state index in [2.05, 4.69) is 35.8 Å². The number of aromatic nitrogens is 4. The molecule has 3 rings (SSSR count). The fraction of sp³-hybridized carbons (Fsp3) is 0.529. The molecule has 0 aliphatic carbocycles. The molecule has 0 atom stereocenters. The predicted molar refractivity (Wildman–Crippen MR) is 90.0 cm³/mol. The van der Waals surface area contributed by atoms with E-state index in [9.17, 15) is 9.90 Å². The van der Waals surface area contributed by atoms with Crippen molar-refractivity contribution in [1.29, 1.82) is 0 Å². The molecule has 1 fully saturated rings. The van der Waals surface area contributed by atoms with Crippen molar-refractivity contribution in [3.8, 4) is 0 Å². The molecule has 1 aliphatic heterocycles. The van der Waals surface area contributed by atoms with E-state index in [4.69, 9.17) is 0 Å². The van der Waals surface area contributed by atoms with Gasteiger partial charge in [0, 0.05) is 49.9 Å². The summed E-state index contributed by atoms with van der Waals surface area (Å²) in [6.07, 6.45) is 6.12. The SMILES string of the molecule is CC(C)(C)c1ccn(C2(C(=O)O)CCN(c3ncccn3)CC2)n1. The highest BCUT2D eigenvalue weighted by molar-refractivity contribution is 5.77. The highest BCUT2D eigenvalue weighted by atomic mass is 16.4. The van der Waals surface area contributed by atoms with Crippen LogP contribution in [-0.4, -0.2) is 43.9 Å². The van der Waals surface area contributed by atoms with Crippen molar-refractivity contribution in [2.24, 2.45) is 0 Å². The molecular formula is C17H23N5O2. The molecule has 0 saturated carbocycles. The zero-order valence-corrected chi connectivity index (χ0v) is 14.3. The summed E-state index contributed by atoms with van der Waals surface area (Å²) in [5, 5.41) is 14.5. The van der Waals surface area contributed by atoms with E-state index in [1.165, 1.54) is 0 Å². The van der Waals surface area contributed by atoms with E-state index in [0.29, 0.717) is 31.9 Å². The second-order valence-corrected chi connectivity index (χ2v) is 7.27. The topological polar surface area (TPSA) is 84.1 Å². The van der Waals surface area contributed by atoms with Crippen molar-refractivity contribution in [3.05, 3.63) is 36.4 Å². The Morgan fingerprint density at radius 3 is 2.33 bits per heavy atom. The van der Waals surface area contributed by atoms with Gasteiger partial charge in [-0.05, 0) is 12.1 Å². The van der Waals surface area contributed by atoms with Gasteiger partial charge in [0.2, 0.25) is 5.95 Å². The lowest BCUT2D eigenvalue weighted by Gasteiger charge is -2.39. The Morgan fingerprint density at radius 1 is 1.21 bits per heavy atom. The first-order valence-corrected chi connectivity index (χ1v) is 8.15. The van der Waals surface area contributed by atoms with E-state index in [-0.39, 0.29) is 5.41 Å². The van der Waals surface area contributed by atoms with E-state index in [0.717, 1.165) is 5.69 Å². The molecule has 2 aromatic rings. The smallest absolute Gasteiger partial charge is 0.331 e. The molecule has 0 unspecified atom stereocenters. The van der Waals surface area contributed by atoms with Crippen LogP contribution in [0.25, 0.3) is 0 Å². The van der Waals surface area contributed by atoms with E-state index in [1.54, 1.807) is 29.3 Å². The van der Waals surface area contributed by atoms with E-state index >= 15 is 0 Å². The first-order valence-electron chi connectivity index (χ1n) is 8.15. The van der Waals surface area contributed by atoms with E-state index in [1.807, 2.05) is 11.0 Å². The van der Waals surface area contributed by atoms with Gasteiger partial charge in [-0.25, -0.2) is 14.8 Å². The summed E-state index contributed by atoms with van der Waals surface area (Å²) in [6.45, 7) is 7.38. The molecule has 1 aliphatic rings. The molecule has 128 valence electrons. The second kappa shape index (κ2) is 5.89. The van der Waals surface area contributed by atoms with Crippen molar-refractivity contribution in [2.75, 3.05) is 18.0 Å². The van der Waals surface area contributed by atoms with Crippen LogP contribution in [0.3, 0.4) is 0 Å². The summed E-state index contributed by atoms with van der Waals surface area (Å²) >= 11 is 0. The van der Waals surface area contributed by atoms with Crippen molar-refractivity contribution in [3.63, 3.8) is 0 Å². The Bertz CT molecular complexity index is 712. The number of hydrogen-bond acceptors (Lipinski definition) is 5. The summed E-state index contributed by atoms with van der Waals surface area (Å²) in [4.78, 5) is 22.6. The molecule has 0 spiro atoms. The molecule has 1 N–H and O–H groups in total. The van der Waals surface area contributed by atoms with Gasteiger partial charge in [-0.2, -0.15) is 5.10 Å². The van der Waals surface area contributed by atoms with Gasteiger partial charge in [0.1, 0.15) is 0 Å². The average Bonchev–Trinajstić information content (AvgIpc) is 3.06. The number of nitrogens with zero attached hydrogens (tertiary/aromatic N) is 5. The summed E-state index contributed by atoms with van der Waals surface area (Å²) in [6, 6.07) is 3.68. The Morgan fingerprint density at radius 2 is 1.83 bits per heavy atom. The van der Waals surface area contributed by atoms with Crippen LogP contribution in [0.4, 0.5) is 5.95 Å².